The van der Waals surface area contributed by atoms with Gasteiger partial charge in [0.15, 0.2) is 0 Å². The van der Waals surface area contributed by atoms with Crippen molar-refractivity contribution in [1.29, 1.82) is 0 Å². The smallest absolute Gasteiger partial charge is 0.408 e. The van der Waals surface area contributed by atoms with Gasteiger partial charge in [-0.25, -0.2) is 9.59 Å². The Morgan fingerprint density at radius 3 is 2.04 bits per heavy atom. The molecule has 0 spiro atoms. The van der Waals surface area contributed by atoms with Gasteiger partial charge in [0.05, 0.1) is 13.2 Å². The van der Waals surface area contributed by atoms with Gasteiger partial charge >= 0.3 is 12.1 Å². The maximum absolute atomic E-state index is 13.4. The number of hydrogen-bond donors (Lipinski definition) is 5. The van der Waals surface area contributed by atoms with E-state index in [0.29, 0.717) is 24.8 Å². The Morgan fingerprint density at radius 2 is 1.45 bits per heavy atom. The minimum Gasteiger partial charge on any atom is -0.508 e. The molecule has 0 aliphatic carbocycles. The van der Waals surface area contributed by atoms with Gasteiger partial charge in [-0.1, -0.05) is 56.3 Å². The van der Waals surface area contributed by atoms with Gasteiger partial charge in [0, 0.05) is 19.4 Å². The van der Waals surface area contributed by atoms with E-state index in [4.69, 9.17) is 14.2 Å². The summed E-state index contributed by atoms with van der Waals surface area (Å²) in [5, 5.41) is 20.6. The van der Waals surface area contributed by atoms with E-state index >= 15 is 0 Å². The van der Waals surface area contributed by atoms with Gasteiger partial charge in [0.2, 0.25) is 17.7 Å². The van der Waals surface area contributed by atoms with Crippen molar-refractivity contribution in [3.8, 4) is 5.75 Å². The maximum atomic E-state index is 13.4. The molecule has 1 fully saturated rings. The molecule has 49 heavy (non-hydrogen) atoms. The first-order valence-corrected chi connectivity index (χ1v) is 16.6. The average molecular weight is 683 g/mol. The number of methoxy groups -OCH3 is 1. The van der Waals surface area contributed by atoms with Crippen molar-refractivity contribution in [2.75, 3.05) is 13.7 Å². The van der Waals surface area contributed by atoms with E-state index in [0.717, 1.165) is 5.56 Å². The number of nitrogens with one attached hydrogen (secondary N) is 4. The number of carbonyl (C=O) groups is 5. The van der Waals surface area contributed by atoms with Crippen LogP contribution >= 0.6 is 0 Å². The highest BCUT2D eigenvalue weighted by atomic mass is 16.6. The van der Waals surface area contributed by atoms with Gasteiger partial charge in [0.1, 0.15) is 35.6 Å². The summed E-state index contributed by atoms with van der Waals surface area (Å²) >= 11 is 0. The van der Waals surface area contributed by atoms with Gasteiger partial charge < -0.3 is 40.6 Å². The van der Waals surface area contributed by atoms with E-state index in [-0.39, 0.29) is 31.1 Å². The first-order valence-electron chi connectivity index (χ1n) is 16.6. The van der Waals surface area contributed by atoms with Crippen molar-refractivity contribution < 1.29 is 43.3 Å². The summed E-state index contributed by atoms with van der Waals surface area (Å²) in [6.45, 7) is 9.08. The Balaban J connectivity index is 1.63. The van der Waals surface area contributed by atoms with Crippen LogP contribution in [0.25, 0.3) is 0 Å². The number of esters is 1. The first-order chi connectivity index (χ1) is 23.1. The van der Waals surface area contributed by atoms with Crippen molar-refractivity contribution >= 4 is 29.8 Å². The summed E-state index contributed by atoms with van der Waals surface area (Å²) < 4.78 is 16.2. The molecule has 2 aromatic rings. The summed E-state index contributed by atoms with van der Waals surface area (Å²) in [4.78, 5) is 65.0. The van der Waals surface area contributed by atoms with Crippen LogP contribution in [0.15, 0.2) is 54.6 Å². The van der Waals surface area contributed by atoms with Gasteiger partial charge in [-0.2, -0.15) is 0 Å². The number of ether oxygens (including phenoxy) is 3. The molecule has 13 heteroatoms. The third-order valence-electron chi connectivity index (χ3n) is 7.71. The second kappa shape index (κ2) is 18.2. The molecule has 5 N–H and O–H groups in total. The number of alkyl carbamates (subject to hydrolysis) is 1. The SMILES string of the molecule is COC(=O)[C@H](CC(C)C)NC(=O)[C@H](Cc1ccccc1)NC(=O)[C@H]1CC[C@H](CNC(=O)[C@H](Cc2ccc(O)cc2)NC(=O)OC(C)(C)C)O1. The van der Waals surface area contributed by atoms with E-state index in [1.54, 1.807) is 32.9 Å². The van der Waals surface area contributed by atoms with Crippen LogP contribution in [-0.4, -0.2) is 84.5 Å². The van der Waals surface area contributed by atoms with Gasteiger partial charge in [0.25, 0.3) is 0 Å². The van der Waals surface area contributed by atoms with E-state index in [1.165, 1.54) is 19.2 Å². The van der Waals surface area contributed by atoms with Crippen molar-refractivity contribution in [1.82, 2.24) is 21.3 Å². The van der Waals surface area contributed by atoms with Crippen LogP contribution in [0.2, 0.25) is 0 Å². The predicted molar refractivity (Wildman–Crippen MR) is 181 cm³/mol. The molecule has 0 bridgehead atoms. The van der Waals surface area contributed by atoms with E-state index in [1.807, 2.05) is 44.2 Å². The molecule has 13 nitrogen and oxygen atoms in total. The van der Waals surface area contributed by atoms with Crippen LogP contribution in [0.3, 0.4) is 0 Å². The zero-order valence-corrected chi connectivity index (χ0v) is 29.1. The summed E-state index contributed by atoms with van der Waals surface area (Å²) in [6.07, 6.45) is -0.594. The lowest BCUT2D eigenvalue weighted by atomic mass is 10.0. The number of phenols is 1. The van der Waals surface area contributed by atoms with Crippen molar-refractivity contribution in [3.63, 3.8) is 0 Å². The Morgan fingerprint density at radius 1 is 0.837 bits per heavy atom. The molecular weight excluding hydrogens is 632 g/mol. The lowest BCUT2D eigenvalue weighted by Crippen LogP contribution is -2.54. The van der Waals surface area contributed by atoms with Crippen molar-refractivity contribution in [3.05, 3.63) is 65.7 Å². The zero-order valence-electron chi connectivity index (χ0n) is 29.1. The summed E-state index contributed by atoms with van der Waals surface area (Å²) in [6, 6.07) is 12.6. The van der Waals surface area contributed by atoms with Gasteiger partial charge in [-0.15, -0.1) is 0 Å². The van der Waals surface area contributed by atoms with Crippen molar-refractivity contribution in [2.24, 2.45) is 5.92 Å². The Labute approximate surface area is 287 Å². The summed E-state index contributed by atoms with van der Waals surface area (Å²) in [5.74, 6) is -1.87. The topological polar surface area (TPSA) is 181 Å². The quantitative estimate of drug-likeness (QED) is 0.177. The second-order valence-corrected chi connectivity index (χ2v) is 13.6. The van der Waals surface area contributed by atoms with Crippen molar-refractivity contribution in [2.45, 2.75) is 103 Å². The number of amides is 4. The third-order valence-corrected chi connectivity index (χ3v) is 7.71. The Bertz CT molecular complexity index is 1410. The first kappa shape index (κ1) is 38.8. The fourth-order valence-corrected chi connectivity index (χ4v) is 5.34. The molecule has 0 radical (unpaired) electrons. The molecule has 1 aliphatic rings. The highest BCUT2D eigenvalue weighted by Gasteiger charge is 2.35. The fourth-order valence-electron chi connectivity index (χ4n) is 5.34. The largest absolute Gasteiger partial charge is 0.508 e. The molecular formula is C36H50N4O9. The standard InChI is InChI=1S/C36H50N4O9/c1-22(2)18-29(34(45)47-6)39-32(43)28(19-23-10-8-7-9-11-23)38-33(44)30-17-16-26(48-30)21-37-31(42)27(40-35(46)49-36(3,4)5)20-24-12-14-25(41)15-13-24/h7-15,22,26-30,41H,16-21H2,1-6H3,(H,37,42)(H,38,44)(H,39,43)(H,40,46)/t26-,27+,28+,29+,30-/m1/s1. The summed E-state index contributed by atoms with van der Waals surface area (Å²) in [5.41, 5.74) is 0.754. The van der Waals surface area contributed by atoms with Crippen LogP contribution in [0.1, 0.15) is 65.0 Å². The fraction of sp³-hybridized carbons (Fsp3) is 0.528. The molecule has 1 aliphatic heterocycles. The van der Waals surface area contributed by atoms with E-state index in [9.17, 15) is 29.1 Å². The minimum atomic E-state index is -0.990. The second-order valence-electron chi connectivity index (χ2n) is 13.6. The molecule has 3 rings (SSSR count). The minimum absolute atomic E-state index is 0.0744. The van der Waals surface area contributed by atoms with E-state index in [2.05, 4.69) is 21.3 Å². The number of rotatable bonds is 15. The average Bonchev–Trinajstić information content (AvgIpc) is 3.52. The predicted octanol–water partition coefficient (Wildman–Crippen LogP) is 2.92. The van der Waals surface area contributed by atoms with Gasteiger partial charge in [-0.3, -0.25) is 14.4 Å². The van der Waals surface area contributed by atoms with Crippen LogP contribution in [0.4, 0.5) is 4.79 Å². The highest BCUT2D eigenvalue weighted by molar-refractivity contribution is 5.92. The van der Waals surface area contributed by atoms with Crippen LogP contribution < -0.4 is 21.3 Å². The third kappa shape index (κ3) is 13.4. The molecule has 0 saturated carbocycles. The molecule has 268 valence electrons. The number of carbonyl (C=O) groups excluding carboxylic acids is 5. The van der Waals surface area contributed by atoms with Gasteiger partial charge in [-0.05, 0) is 69.2 Å². The number of phenolic OH excluding ortho intramolecular Hbond substituents is 1. The molecule has 4 amide bonds. The zero-order chi connectivity index (χ0) is 36.1. The van der Waals surface area contributed by atoms with Crippen LogP contribution in [0, 0.1) is 5.92 Å². The number of hydrogen-bond acceptors (Lipinski definition) is 9. The lowest BCUT2D eigenvalue weighted by molar-refractivity contribution is -0.146. The van der Waals surface area contributed by atoms with E-state index < -0.39 is 65.7 Å². The Kier molecular flexibility index (Phi) is 14.4. The highest BCUT2D eigenvalue weighted by Crippen LogP contribution is 2.20. The molecule has 2 aromatic carbocycles. The Hall–Kier alpha value is -4.65. The molecule has 0 aromatic heterocycles. The normalized spacial score (nSPS) is 17.7. The van der Waals surface area contributed by atoms with Crippen LogP contribution in [0.5, 0.6) is 5.75 Å². The molecule has 1 heterocycles. The monoisotopic (exact) mass is 682 g/mol. The lowest BCUT2D eigenvalue weighted by Gasteiger charge is -2.25. The number of aromatic hydroxyl groups is 1. The maximum Gasteiger partial charge on any atom is 0.408 e. The summed E-state index contributed by atoms with van der Waals surface area (Å²) in [7, 11) is 1.26. The molecule has 5 atom stereocenters. The van der Waals surface area contributed by atoms with Crippen LogP contribution in [-0.2, 0) is 46.2 Å². The molecule has 1 saturated heterocycles. The number of benzene rings is 2. The molecule has 0 unspecified atom stereocenters.